The molecule has 1 fully saturated rings. The van der Waals surface area contributed by atoms with Crippen LogP contribution in [0.4, 0.5) is 5.69 Å². The predicted octanol–water partition coefficient (Wildman–Crippen LogP) is 2.31. The van der Waals surface area contributed by atoms with Gasteiger partial charge in [-0.2, -0.15) is 0 Å². The van der Waals surface area contributed by atoms with Crippen molar-refractivity contribution in [3.63, 3.8) is 0 Å². The van der Waals surface area contributed by atoms with Crippen LogP contribution in [0.3, 0.4) is 0 Å². The Balaban J connectivity index is 2.32. The van der Waals surface area contributed by atoms with Crippen molar-refractivity contribution in [2.24, 2.45) is 0 Å². The van der Waals surface area contributed by atoms with Crippen molar-refractivity contribution in [2.75, 3.05) is 38.2 Å². The molecular weight excluding hydrogens is 236 g/mol. The zero-order chi connectivity index (χ0) is 13.8. The van der Waals surface area contributed by atoms with E-state index < -0.39 is 0 Å². The maximum atomic E-state index is 9.73. The molecular formula is C16H26N2O. The molecule has 0 aliphatic carbocycles. The van der Waals surface area contributed by atoms with Gasteiger partial charge >= 0.3 is 0 Å². The third-order valence-corrected chi connectivity index (χ3v) is 3.98. The van der Waals surface area contributed by atoms with Crippen LogP contribution in [0, 0.1) is 0 Å². The lowest BCUT2D eigenvalue weighted by Gasteiger charge is -2.33. The molecule has 1 aromatic rings. The summed E-state index contributed by atoms with van der Waals surface area (Å²) < 4.78 is 0. The Morgan fingerprint density at radius 3 is 2.68 bits per heavy atom. The van der Waals surface area contributed by atoms with E-state index in [-0.39, 0.29) is 12.6 Å². The second-order valence-electron chi connectivity index (χ2n) is 5.86. The molecule has 1 atom stereocenters. The van der Waals surface area contributed by atoms with E-state index >= 15 is 0 Å². The summed E-state index contributed by atoms with van der Waals surface area (Å²) in [6.45, 7) is 7.75. The topological polar surface area (TPSA) is 26.7 Å². The number of anilines is 1. The van der Waals surface area contributed by atoms with Crippen LogP contribution in [0.2, 0.25) is 0 Å². The van der Waals surface area contributed by atoms with E-state index in [0.717, 1.165) is 26.1 Å². The summed E-state index contributed by atoms with van der Waals surface area (Å²) in [5.41, 5.74) is 2.68. The lowest BCUT2D eigenvalue weighted by Crippen LogP contribution is -2.43. The Labute approximate surface area is 116 Å². The molecule has 1 aliphatic heterocycles. The number of hydrogen-bond acceptors (Lipinski definition) is 3. The van der Waals surface area contributed by atoms with E-state index in [4.69, 9.17) is 0 Å². The molecule has 1 heterocycles. The zero-order valence-corrected chi connectivity index (χ0v) is 12.3. The molecule has 1 unspecified atom stereocenters. The Morgan fingerprint density at radius 1 is 1.26 bits per heavy atom. The lowest BCUT2D eigenvalue weighted by atomic mass is 9.99. The molecule has 1 aliphatic rings. The van der Waals surface area contributed by atoms with E-state index in [1.165, 1.54) is 11.3 Å². The zero-order valence-electron chi connectivity index (χ0n) is 12.3. The summed E-state index contributed by atoms with van der Waals surface area (Å²) in [5, 5.41) is 9.73. The molecule has 3 heteroatoms. The molecule has 1 aromatic carbocycles. The molecule has 1 N–H and O–H groups in total. The van der Waals surface area contributed by atoms with Crippen LogP contribution in [0.25, 0.3) is 0 Å². The third-order valence-electron chi connectivity index (χ3n) is 3.98. The number of para-hydroxylation sites is 1. The lowest BCUT2D eigenvalue weighted by molar-refractivity contribution is 0.229. The van der Waals surface area contributed by atoms with Crippen molar-refractivity contribution >= 4 is 5.69 Å². The maximum absolute atomic E-state index is 9.73. The molecule has 0 amide bonds. The minimum absolute atomic E-state index is 0.201. The van der Waals surface area contributed by atoms with Crippen molar-refractivity contribution < 1.29 is 5.11 Å². The molecule has 106 valence electrons. The Bertz CT molecular complexity index is 405. The van der Waals surface area contributed by atoms with Gasteiger partial charge in [-0.25, -0.2) is 0 Å². The summed E-state index contributed by atoms with van der Waals surface area (Å²) >= 11 is 0. The second-order valence-corrected chi connectivity index (χ2v) is 5.86. The van der Waals surface area contributed by atoms with E-state index in [2.05, 4.69) is 55.0 Å². The van der Waals surface area contributed by atoms with Gasteiger partial charge in [0.25, 0.3) is 0 Å². The molecule has 19 heavy (non-hydrogen) atoms. The van der Waals surface area contributed by atoms with Crippen molar-refractivity contribution in [3.8, 4) is 0 Å². The molecule has 0 spiro atoms. The van der Waals surface area contributed by atoms with Gasteiger partial charge in [-0.3, -0.25) is 0 Å². The van der Waals surface area contributed by atoms with Gasteiger partial charge < -0.3 is 14.9 Å². The average molecular weight is 262 g/mol. The SMILES string of the molecule is CC(C)c1ccccc1N1CCCN(C)CC1CO. The Kier molecular flexibility index (Phi) is 4.83. The fourth-order valence-electron chi connectivity index (χ4n) is 2.95. The highest BCUT2D eigenvalue weighted by Gasteiger charge is 2.24. The standard InChI is InChI=1S/C16H26N2O/c1-13(2)15-7-4-5-8-16(15)18-10-6-9-17(3)11-14(18)12-19/h4-5,7-8,13-14,19H,6,9-12H2,1-3H3. The Morgan fingerprint density at radius 2 is 2.00 bits per heavy atom. The highest BCUT2D eigenvalue weighted by molar-refractivity contribution is 5.56. The van der Waals surface area contributed by atoms with Crippen LogP contribution in [0.5, 0.6) is 0 Å². The normalized spacial score (nSPS) is 21.7. The second kappa shape index (κ2) is 6.40. The predicted molar refractivity (Wildman–Crippen MR) is 80.9 cm³/mol. The van der Waals surface area contributed by atoms with Crippen LogP contribution in [0.1, 0.15) is 31.7 Å². The number of hydrogen-bond donors (Lipinski definition) is 1. The van der Waals surface area contributed by atoms with E-state index in [1.807, 2.05) is 0 Å². The summed E-state index contributed by atoms with van der Waals surface area (Å²) in [5.74, 6) is 0.511. The van der Waals surface area contributed by atoms with Crippen LogP contribution >= 0.6 is 0 Å². The maximum Gasteiger partial charge on any atom is 0.0647 e. The van der Waals surface area contributed by atoms with E-state index in [1.54, 1.807) is 0 Å². The first-order valence-electron chi connectivity index (χ1n) is 7.28. The fourth-order valence-corrected chi connectivity index (χ4v) is 2.95. The number of nitrogens with zero attached hydrogens (tertiary/aromatic N) is 2. The number of aliphatic hydroxyl groups excluding tert-OH is 1. The highest BCUT2D eigenvalue weighted by atomic mass is 16.3. The molecule has 3 nitrogen and oxygen atoms in total. The van der Waals surface area contributed by atoms with Crippen LogP contribution in [-0.4, -0.2) is 49.3 Å². The minimum Gasteiger partial charge on any atom is -0.394 e. The van der Waals surface area contributed by atoms with E-state index in [0.29, 0.717) is 5.92 Å². The summed E-state index contributed by atoms with van der Waals surface area (Å²) in [6.07, 6.45) is 1.15. The first kappa shape index (κ1) is 14.4. The van der Waals surface area contributed by atoms with Crippen LogP contribution in [-0.2, 0) is 0 Å². The smallest absolute Gasteiger partial charge is 0.0647 e. The largest absolute Gasteiger partial charge is 0.394 e. The average Bonchev–Trinajstić information content (AvgIpc) is 2.60. The minimum atomic E-state index is 0.201. The number of benzene rings is 1. The summed E-state index contributed by atoms with van der Waals surface area (Å²) in [7, 11) is 2.14. The number of likely N-dealkylation sites (N-methyl/N-ethyl adjacent to an activating group) is 1. The van der Waals surface area contributed by atoms with Crippen molar-refractivity contribution in [1.82, 2.24) is 4.90 Å². The first-order chi connectivity index (χ1) is 9.13. The van der Waals surface area contributed by atoms with Crippen molar-refractivity contribution in [2.45, 2.75) is 32.2 Å². The van der Waals surface area contributed by atoms with Crippen LogP contribution < -0.4 is 4.90 Å². The fraction of sp³-hybridized carbons (Fsp3) is 0.625. The summed E-state index contributed by atoms with van der Waals surface area (Å²) in [6, 6.07) is 8.82. The van der Waals surface area contributed by atoms with Gasteiger partial charge in [-0.1, -0.05) is 32.0 Å². The summed E-state index contributed by atoms with van der Waals surface area (Å²) in [4.78, 5) is 4.72. The van der Waals surface area contributed by atoms with Gasteiger partial charge in [0.15, 0.2) is 0 Å². The molecule has 0 saturated carbocycles. The van der Waals surface area contributed by atoms with Crippen LogP contribution in [0.15, 0.2) is 24.3 Å². The monoisotopic (exact) mass is 262 g/mol. The third kappa shape index (κ3) is 3.28. The Hall–Kier alpha value is -1.06. The van der Waals surface area contributed by atoms with Gasteiger partial charge in [-0.15, -0.1) is 0 Å². The van der Waals surface area contributed by atoms with Gasteiger partial charge in [0, 0.05) is 18.8 Å². The quantitative estimate of drug-likeness (QED) is 0.905. The number of aliphatic hydroxyl groups is 1. The molecule has 1 saturated heterocycles. The van der Waals surface area contributed by atoms with Crippen molar-refractivity contribution in [3.05, 3.63) is 29.8 Å². The molecule has 2 rings (SSSR count). The van der Waals surface area contributed by atoms with Crippen molar-refractivity contribution in [1.29, 1.82) is 0 Å². The molecule has 0 bridgehead atoms. The van der Waals surface area contributed by atoms with Gasteiger partial charge in [0.05, 0.1) is 12.6 Å². The number of rotatable bonds is 3. The highest BCUT2D eigenvalue weighted by Crippen LogP contribution is 2.29. The molecule has 0 radical (unpaired) electrons. The first-order valence-corrected chi connectivity index (χ1v) is 7.28. The van der Waals surface area contributed by atoms with Gasteiger partial charge in [0.2, 0.25) is 0 Å². The molecule has 0 aromatic heterocycles. The van der Waals surface area contributed by atoms with E-state index in [9.17, 15) is 5.11 Å². The van der Waals surface area contributed by atoms with Gasteiger partial charge in [-0.05, 0) is 37.6 Å². The van der Waals surface area contributed by atoms with Gasteiger partial charge in [0.1, 0.15) is 0 Å².